The molecule has 0 aliphatic rings. The molecule has 0 radical (unpaired) electrons. The molecule has 1 aromatic carbocycles. The van der Waals surface area contributed by atoms with Crippen molar-refractivity contribution in [1.29, 1.82) is 0 Å². The first-order valence-corrected chi connectivity index (χ1v) is 6.40. The molecule has 0 fully saturated rings. The van der Waals surface area contributed by atoms with Gasteiger partial charge in [0.2, 0.25) is 0 Å². The normalized spacial score (nSPS) is 10.0. The van der Waals surface area contributed by atoms with Gasteiger partial charge in [-0.3, -0.25) is 9.59 Å². The number of hydrogen-bond donors (Lipinski definition) is 3. The third-order valence-corrected chi connectivity index (χ3v) is 2.64. The van der Waals surface area contributed by atoms with E-state index in [4.69, 9.17) is 5.11 Å². The Morgan fingerprint density at radius 2 is 1.74 bits per heavy atom. The highest BCUT2D eigenvalue weighted by Gasteiger charge is 2.12. The topological polar surface area (TPSA) is 78.4 Å². The average molecular weight is 264 g/mol. The van der Waals surface area contributed by atoms with Crippen LogP contribution in [0.1, 0.15) is 24.8 Å². The van der Waals surface area contributed by atoms with E-state index >= 15 is 0 Å². The predicted octanol–water partition coefficient (Wildman–Crippen LogP) is 1.21. The highest BCUT2D eigenvalue weighted by molar-refractivity contribution is 6.39. The average Bonchev–Trinajstić information content (AvgIpc) is 2.41. The van der Waals surface area contributed by atoms with Gasteiger partial charge in [-0.1, -0.05) is 17.7 Å². The molecule has 0 aliphatic heterocycles. The summed E-state index contributed by atoms with van der Waals surface area (Å²) in [6, 6.07) is 7.23. The molecule has 2 amide bonds. The van der Waals surface area contributed by atoms with Crippen LogP contribution in [-0.4, -0.2) is 30.1 Å². The third-order valence-electron chi connectivity index (χ3n) is 2.64. The molecule has 0 bridgehead atoms. The number of carbonyl (C=O) groups excluding carboxylic acids is 2. The molecule has 0 saturated heterocycles. The highest BCUT2D eigenvalue weighted by atomic mass is 16.3. The smallest absolute Gasteiger partial charge is 0.313 e. The molecule has 19 heavy (non-hydrogen) atoms. The third kappa shape index (κ3) is 6.01. The van der Waals surface area contributed by atoms with E-state index in [2.05, 4.69) is 10.6 Å². The van der Waals surface area contributed by atoms with Crippen LogP contribution in [0.15, 0.2) is 24.3 Å². The molecule has 5 nitrogen and oxygen atoms in total. The Morgan fingerprint density at radius 3 is 2.37 bits per heavy atom. The first-order valence-electron chi connectivity index (χ1n) is 6.40. The predicted molar refractivity (Wildman–Crippen MR) is 73.8 cm³/mol. The van der Waals surface area contributed by atoms with Crippen LogP contribution in [0.3, 0.4) is 0 Å². The van der Waals surface area contributed by atoms with Gasteiger partial charge in [0, 0.05) is 18.8 Å². The molecule has 0 spiro atoms. The van der Waals surface area contributed by atoms with Gasteiger partial charge in [-0.25, -0.2) is 0 Å². The zero-order valence-electron chi connectivity index (χ0n) is 11.1. The quantitative estimate of drug-likeness (QED) is 0.534. The summed E-state index contributed by atoms with van der Waals surface area (Å²) < 4.78 is 0. The monoisotopic (exact) mass is 264 g/mol. The van der Waals surface area contributed by atoms with E-state index in [1.54, 1.807) is 12.1 Å². The van der Waals surface area contributed by atoms with Crippen LogP contribution in [0.25, 0.3) is 0 Å². The van der Waals surface area contributed by atoms with Crippen LogP contribution in [0.2, 0.25) is 0 Å². The molecule has 0 aliphatic carbocycles. The fourth-order valence-corrected chi connectivity index (χ4v) is 1.52. The number of benzene rings is 1. The molecule has 0 heterocycles. The van der Waals surface area contributed by atoms with Gasteiger partial charge in [-0.2, -0.15) is 0 Å². The molecule has 0 aromatic heterocycles. The van der Waals surface area contributed by atoms with Gasteiger partial charge in [0.05, 0.1) is 0 Å². The number of aliphatic hydroxyl groups excluding tert-OH is 1. The maximum atomic E-state index is 11.6. The zero-order chi connectivity index (χ0) is 14.1. The van der Waals surface area contributed by atoms with E-state index in [0.29, 0.717) is 18.7 Å². The first kappa shape index (κ1) is 15.2. The Balaban J connectivity index is 2.28. The summed E-state index contributed by atoms with van der Waals surface area (Å²) in [5.41, 5.74) is 1.69. The van der Waals surface area contributed by atoms with Crippen molar-refractivity contribution in [3.63, 3.8) is 0 Å². The van der Waals surface area contributed by atoms with E-state index < -0.39 is 11.8 Å². The van der Waals surface area contributed by atoms with Gasteiger partial charge >= 0.3 is 11.8 Å². The first-order chi connectivity index (χ1) is 9.13. The minimum atomic E-state index is -0.661. The molecular weight excluding hydrogens is 244 g/mol. The molecule has 1 aromatic rings. The zero-order valence-corrected chi connectivity index (χ0v) is 11.1. The number of carbonyl (C=O) groups is 2. The lowest BCUT2D eigenvalue weighted by Gasteiger charge is -2.06. The van der Waals surface area contributed by atoms with Gasteiger partial charge in [0.1, 0.15) is 0 Å². The van der Waals surface area contributed by atoms with Gasteiger partial charge < -0.3 is 15.7 Å². The van der Waals surface area contributed by atoms with Crippen molar-refractivity contribution >= 4 is 17.5 Å². The maximum Gasteiger partial charge on any atom is 0.313 e. The largest absolute Gasteiger partial charge is 0.396 e. The molecule has 1 rings (SSSR count). The van der Waals surface area contributed by atoms with Gasteiger partial charge in [-0.05, 0) is 38.3 Å². The summed E-state index contributed by atoms with van der Waals surface area (Å²) in [6.07, 6.45) is 2.30. The second kappa shape index (κ2) is 8.26. The van der Waals surface area contributed by atoms with Crippen molar-refractivity contribution in [1.82, 2.24) is 5.32 Å². The van der Waals surface area contributed by atoms with Crippen molar-refractivity contribution in [2.24, 2.45) is 0 Å². The lowest BCUT2D eigenvalue weighted by molar-refractivity contribution is -0.136. The highest BCUT2D eigenvalue weighted by Crippen LogP contribution is 2.08. The van der Waals surface area contributed by atoms with Gasteiger partial charge in [0.25, 0.3) is 0 Å². The fourth-order valence-electron chi connectivity index (χ4n) is 1.52. The van der Waals surface area contributed by atoms with Crippen LogP contribution in [0, 0.1) is 6.92 Å². The number of hydrogen-bond acceptors (Lipinski definition) is 3. The summed E-state index contributed by atoms with van der Waals surface area (Å²) in [7, 11) is 0. The second-order valence-electron chi connectivity index (χ2n) is 4.36. The van der Waals surface area contributed by atoms with Crippen molar-refractivity contribution in [2.45, 2.75) is 26.2 Å². The second-order valence-corrected chi connectivity index (χ2v) is 4.36. The standard InChI is InChI=1S/C14H20N2O3/c1-11-5-7-12(8-6-11)16-14(19)13(18)15-9-3-2-4-10-17/h5-8,17H,2-4,9-10H2,1H3,(H,15,18)(H,16,19). The Kier molecular flexibility index (Phi) is 6.60. The Hall–Kier alpha value is -1.88. The minimum absolute atomic E-state index is 0.155. The van der Waals surface area contributed by atoms with Crippen LogP contribution in [0.4, 0.5) is 5.69 Å². The molecular formula is C14H20N2O3. The van der Waals surface area contributed by atoms with Crippen LogP contribution in [-0.2, 0) is 9.59 Å². The molecule has 0 atom stereocenters. The summed E-state index contributed by atoms with van der Waals surface area (Å²) >= 11 is 0. The number of rotatable bonds is 6. The fraction of sp³-hybridized carbons (Fsp3) is 0.429. The van der Waals surface area contributed by atoms with E-state index in [0.717, 1.165) is 18.4 Å². The summed E-state index contributed by atoms with van der Waals surface area (Å²) in [5, 5.41) is 13.7. The van der Waals surface area contributed by atoms with E-state index in [9.17, 15) is 9.59 Å². The number of nitrogens with one attached hydrogen (secondary N) is 2. The lowest BCUT2D eigenvalue weighted by atomic mass is 10.2. The summed E-state index contributed by atoms with van der Waals surface area (Å²) in [6.45, 7) is 2.55. The van der Waals surface area contributed by atoms with Gasteiger partial charge in [0.15, 0.2) is 0 Å². The molecule has 5 heteroatoms. The summed E-state index contributed by atoms with van der Waals surface area (Å²) in [4.78, 5) is 23.0. The molecule has 0 unspecified atom stereocenters. The van der Waals surface area contributed by atoms with E-state index in [1.165, 1.54) is 0 Å². The van der Waals surface area contributed by atoms with Crippen molar-refractivity contribution in [3.8, 4) is 0 Å². The number of unbranched alkanes of at least 4 members (excludes halogenated alkanes) is 2. The number of aryl methyl sites for hydroxylation is 1. The van der Waals surface area contributed by atoms with Crippen LogP contribution >= 0.6 is 0 Å². The van der Waals surface area contributed by atoms with E-state index in [-0.39, 0.29) is 6.61 Å². The SMILES string of the molecule is Cc1ccc(NC(=O)C(=O)NCCCCCO)cc1. The number of anilines is 1. The Morgan fingerprint density at radius 1 is 1.05 bits per heavy atom. The number of amides is 2. The summed E-state index contributed by atoms with van der Waals surface area (Å²) in [5.74, 6) is -1.30. The van der Waals surface area contributed by atoms with Crippen molar-refractivity contribution in [3.05, 3.63) is 29.8 Å². The number of aliphatic hydroxyl groups is 1. The van der Waals surface area contributed by atoms with E-state index in [1.807, 2.05) is 19.1 Å². The molecule has 104 valence electrons. The maximum absolute atomic E-state index is 11.6. The van der Waals surface area contributed by atoms with Crippen molar-refractivity contribution in [2.75, 3.05) is 18.5 Å². The minimum Gasteiger partial charge on any atom is -0.396 e. The molecule has 3 N–H and O–H groups in total. The van der Waals surface area contributed by atoms with Crippen molar-refractivity contribution < 1.29 is 14.7 Å². The molecule has 0 saturated carbocycles. The Labute approximate surface area is 113 Å². The lowest BCUT2D eigenvalue weighted by Crippen LogP contribution is -2.35. The van der Waals surface area contributed by atoms with Gasteiger partial charge in [-0.15, -0.1) is 0 Å². The van der Waals surface area contributed by atoms with Crippen LogP contribution in [0.5, 0.6) is 0 Å². The van der Waals surface area contributed by atoms with Crippen LogP contribution < -0.4 is 10.6 Å². The Bertz CT molecular complexity index is 415.